The fourth-order valence-electron chi connectivity index (χ4n) is 2.08. The van der Waals surface area contributed by atoms with Crippen LogP contribution < -0.4 is 0 Å². The number of rotatable bonds is 4. The van der Waals surface area contributed by atoms with E-state index >= 15 is 0 Å². The maximum atomic E-state index is 12.4. The smallest absolute Gasteiger partial charge is 0.246 e. The Balaban J connectivity index is 2.21. The second-order valence-corrected chi connectivity index (χ2v) is 6.59. The largest absolute Gasteiger partial charge is 0.384 e. The molecule has 1 aromatic rings. The number of hydrogen-bond donors (Lipinski definition) is 0. The number of aromatic nitrogens is 1. The Kier molecular flexibility index (Phi) is 4.21. The number of methoxy groups -OCH3 is 1. The maximum Gasteiger partial charge on any atom is 0.246 e. The zero-order valence-electron chi connectivity index (χ0n) is 10.0. The summed E-state index contributed by atoms with van der Waals surface area (Å²) in [4.78, 5) is 3.90. The Hall–Kier alpha value is -0.690. The highest BCUT2D eigenvalue weighted by Crippen LogP contribution is 2.27. The van der Waals surface area contributed by atoms with Gasteiger partial charge in [0.1, 0.15) is 4.90 Å². The molecule has 1 aromatic heterocycles. The second-order valence-electron chi connectivity index (χ2n) is 4.28. The molecule has 1 aliphatic rings. The Labute approximate surface area is 112 Å². The Morgan fingerprint density at radius 3 is 3.06 bits per heavy atom. The van der Waals surface area contributed by atoms with Crippen molar-refractivity contribution in [1.29, 1.82) is 0 Å². The zero-order chi connectivity index (χ0) is 13.2. The van der Waals surface area contributed by atoms with Gasteiger partial charge in [-0.05, 0) is 18.4 Å². The van der Waals surface area contributed by atoms with Gasteiger partial charge in [-0.25, -0.2) is 8.42 Å². The molecule has 0 N–H and O–H groups in total. The van der Waals surface area contributed by atoms with Crippen LogP contribution in [0.4, 0.5) is 0 Å². The fourth-order valence-corrected chi connectivity index (χ4v) is 4.02. The first-order valence-corrected chi connectivity index (χ1v) is 7.46. The predicted molar refractivity (Wildman–Crippen MR) is 68.0 cm³/mol. The van der Waals surface area contributed by atoms with Crippen LogP contribution >= 0.6 is 11.6 Å². The third-order valence-corrected chi connectivity index (χ3v) is 5.34. The number of hydrogen-bond acceptors (Lipinski definition) is 4. The minimum absolute atomic E-state index is 0.0738. The summed E-state index contributed by atoms with van der Waals surface area (Å²) in [6.07, 6.45) is 3.57. The summed E-state index contributed by atoms with van der Waals surface area (Å²) < 4.78 is 31.2. The SMILES string of the molecule is COCC1CCN(S(=O)(=O)c2cnccc2Cl)C1. The standard InChI is InChI=1S/C11H15ClN2O3S/c1-17-8-9-3-5-14(7-9)18(15,16)11-6-13-4-2-10(11)12/h2,4,6,9H,3,5,7-8H2,1H3. The van der Waals surface area contributed by atoms with Crippen molar-refractivity contribution in [1.82, 2.24) is 9.29 Å². The van der Waals surface area contributed by atoms with Crippen molar-refractivity contribution in [3.05, 3.63) is 23.5 Å². The van der Waals surface area contributed by atoms with Crippen molar-refractivity contribution in [2.45, 2.75) is 11.3 Å². The molecule has 1 saturated heterocycles. The van der Waals surface area contributed by atoms with Gasteiger partial charge in [0.05, 0.1) is 11.6 Å². The van der Waals surface area contributed by atoms with Crippen LogP contribution in [-0.4, -0.2) is 44.5 Å². The van der Waals surface area contributed by atoms with Crippen molar-refractivity contribution in [3.63, 3.8) is 0 Å². The Morgan fingerprint density at radius 2 is 2.39 bits per heavy atom. The molecule has 2 heterocycles. The van der Waals surface area contributed by atoms with Gasteiger partial charge in [0.15, 0.2) is 0 Å². The van der Waals surface area contributed by atoms with E-state index in [4.69, 9.17) is 16.3 Å². The van der Waals surface area contributed by atoms with E-state index in [1.165, 1.54) is 22.8 Å². The molecule has 0 saturated carbocycles. The first kappa shape index (κ1) is 13.7. The second kappa shape index (κ2) is 5.52. The summed E-state index contributed by atoms with van der Waals surface area (Å²) in [7, 11) is -1.92. The molecular formula is C11H15ClN2O3S. The van der Waals surface area contributed by atoms with Crippen molar-refractivity contribution in [2.24, 2.45) is 5.92 Å². The fraction of sp³-hybridized carbons (Fsp3) is 0.545. The summed E-state index contributed by atoms with van der Waals surface area (Å²) in [5, 5.41) is 0.209. The lowest BCUT2D eigenvalue weighted by Crippen LogP contribution is -2.29. The minimum atomic E-state index is -3.54. The molecule has 1 unspecified atom stereocenters. The first-order chi connectivity index (χ1) is 8.55. The van der Waals surface area contributed by atoms with Crippen molar-refractivity contribution in [2.75, 3.05) is 26.8 Å². The molecule has 2 rings (SSSR count). The van der Waals surface area contributed by atoms with Gasteiger partial charge in [-0.15, -0.1) is 0 Å². The molecular weight excluding hydrogens is 276 g/mol. The van der Waals surface area contributed by atoms with E-state index in [0.29, 0.717) is 19.7 Å². The van der Waals surface area contributed by atoms with E-state index in [1.54, 1.807) is 7.11 Å². The lowest BCUT2D eigenvalue weighted by Gasteiger charge is -2.16. The van der Waals surface area contributed by atoms with E-state index in [-0.39, 0.29) is 15.8 Å². The molecule has 0 radical (unpaired) electrons. The van der Waals surface area contributed by atoms with E-state index < -0.39 is 10.0 Å². The highest BCUT2D eigenvalue weighted by molar-refractivity contribution is 7.89. The van der Waals surface area contributed by atoms with E-state index in [0.717, 1.165) is 6.42 Å². The zero-order valence-corrected chi connectivity index (χ0v) is 11.6. The summed E-state index contributed by atoms with van der Waals surface area (Å²) in [6.45, 7) is 1.55. The third-order valence-electron chi connectivity index (χ3n) is 3.00. The van der Waals surface area contributed by atoms with Crippen LogP contribution in [0.5, 0.6) is 0 Å². The lowest BCUT2D eigenvalue weighted by atomic mass is 10.1. The van der Waals surface area contributed by atoms with Crippen LogP contribution in [0.1, 0.15) is 6.42 Å². The molecule has 100 valence electrons. The van der Waals surface area contributed by atoms with Gasteiger partial charge in [0, 0.05) is 32.6 Å². The van der Waals surface area contributed by atoms with Crippen LogP contribution in [0.3, 0.4) is 0 Å². The maximum absolute atomic E-state index is 12.4. The molecule has 1 atom stereocenters. The van der Waals surface area contributed by atoms with Crippen LogP contribution in [0, 0.1) is 5.92 Å². The van der Waals surface area contributed by atoms with Gasteiger partial charge in [-0.2, -0.15) is 4.31 Å². The summed E-state index contributed by atoms with van der Waals surface area (Å²) in [5.41, 5.74) is 0. The molecule has 7 heteroatoms. The third kappa shape index (κ3) is 2.66. The highest BCUT2D eigenvalue weighted by atomic mass is 35.5. The van der Waals surface area contributed by atoms with Gasteiger partial charge in [0.25, 0.3) is 0 Å². The number of halogens is 1. The van der Waals surface area contributed by atoms with Crippen LogP contribution in [-0.2, 0) is 14.8 Å². The number of nitrogens with zero attached hydrogens (tertiary/aromatic N) is 2. The molecule has 0 spiro atoms. The van der Waals surface area contributed by atoms with E-state index in [9.17, 15) is 8.42 Å². The molecule has 1 aliphatic heterocycles. The van der Waals surface area contributed by atoms with Gasteiger partial charge in [0.2, 0.25) is 10.0 Å². The van der Waals surface area contributed by atoms with Crippen molar-refractivity contribution >= 4 is 21.6 Å². The molecule has 0 amide bonds. The average molecular weight is 291 g/mol. The first-order valence-electron chi connectivity index (χ1n) is 5.64. The van der Waals surface area contributed by atoms with Crippen LogP contribution in [0.15, 0.2) is 23.4 Å². The van der Waals surface area contributed by atoms with Gasteiger partial charge in [-0.3, -0.25) is 4.98 Å². The predicted octanol–water partition coefficient (Wildman–Crippen LogP) is 1.39. The van der Waals surface area contributed by atoms with Crippen LogP contribution in [0.2, 0.25) is 5.02 Å². The summed E-state index contributed by atoms with van der Waals surface area (Å²) >= 11 is 5.91. The highest BCUT2D eigenvalue weighted by Gasteiger charge is 2.33. The van der Waals surface area contributed by atoms with Crippen molar-refractivity contribution < 1.29 is 13.2 Å². The normalized spacial score (nSPS) is 21.3. The topological polar surface area (TPSA) is 59.5 Å². The number of sulfonamides is 1. The molecule has 1 fully saturated rings. The van der Waals surface area contributed by atoms with Gasteiger partial charge >= 0.3 is 0 Å². The summed E-state index contributed by atoms with van der Waals surface area (Å²) in [6, 6.07) is 1.48. The van der Waals surface area contributed by atoms with E-state index in [2.05, 4.69) is 4.98 Å². The summed E-state index contributed by atoms with van der Waals surface area (Å²) in [5.74, 6) is 0.250. The Bertz CT molecular complexity index is 521. The molecule has 0 bridgehead atoms. The average Bonchev–Trinajstić information content (AvgIpc) is 2.79. The van der Waals surface area contributed by atoms with Crippen molar-refractivity contribution in [3.8, 4) is 0 Å². The van der Waals surface area contributed by atoms with E-state index in [1.807, 2.05) is 0 Å². The molecule has 18 heavy (non-hydrogen) atoms. The number of ether oxygens (including phenoxy) is 1. The quantitative estimate of drug-likeness (QED) is 0.841. The van der Waals surface area contributed by atoms with Gasteiger partial charge in [-0.1, -0.05) is 11.6 Å². The minimum Gasteiger partial charge on any atom is -0.384 e. The Morgan fingerprint density at radius 1 is 1.61 bits per heavy atom. The molecule has 5 nitrogen and oxygen atoms in total. The van der Waals surface area contributed by atoms with Gasteiger partial charge < -0.3 is 4.74 Å². The molecule has 0 aromatic carbocycles. The number of pyridine rings is 1. The lowest BCUT2D eigenvalue weighted by molar-refractivity contribution is 0.157. The molecule has 0 aliphatic carbocycles. The van der Waals surface area contributed by atoms with Crippen LogP contribution in [0.25, 0.3) is 0 Å². The monoisotopic (exact) mass is 290 g/mol.